The van der Waals surface area contributed by atoms with E-state index in [1.807, 2.05) is 29.6 Å². The van der Waals surface area contributed by atoms with Gasteiger partial charge < -0.3 is 14.8 Å². The van der Waals surface area contributed by atoms with Crippen molar-refractivity contribution in [2.45, 2.75) is 13.0 Å². The van der Waals surface area contributed by atoms with Crippen LogP contribution in [0.25, 0.3) is 0 Å². The zero-order chi connectivity index (χ0) is 14.2. The molecule has 0 fully saturated rings. The molecule has 6 heteroatoms. The van der Waals surface area contributed by atoms with E-state index in [9.17, 15) is 4.79 Å². The molecule has 0 unspecified atom stereocenters. The largest absolute Gasteiger partial charge is 0.431 e. The third kappa shape index (κ3) is 4.64. The second-order valence-electron chi connectivity index (χ2n) is 4.06. The Morgan fingerprint density at radius 3 is 2.80 bits per heavy atom. The summed E-state index contributed by atoms with van der Waals surface area (Å²) in [6.07, 6.45) is 2.08. The fraction of sp³-hybridized carbons (Fsp3) is 0.286. The van der Waals surface area contributed by atoms with Crippen LogP contribution in [0.3, 0.4) is 0 Å². The summed E-state index contributed by atoms with van der Waals surface area (Å²) in [4.78, 5) is 15.5. The highest BCUT2D eigenvalue weighted by Crippen LogP contribution is 2.23. The number of nitrogens with zero attached hydrogens (tertiary/aromatic N) is 1. The van der Waals surface area contributed by atoms with Gasteiger partial charge in [0, 0.05) is 31.7 Å². The first-order chi connectivity index (χ1) is 9.78. The minimum absolute atomic E-state index is 0.0186. The minimum atomic E-state index is -0.0186. The van der Waals surface area contributed by atoms with E-state index in [1.54, 1.807) is 13.3 Å². The van der Waals surface area contributed by atoms with E-state index < -0.39 is 0 Å². The highest BCUT2D eigenvalue weighted by molar-refractivity contribution is 7.11. The molecule has 0 spiro atoms. The number of ether oxygens (including phenoxy) is 2. The molecule has 0 saturated heterocycles. The second kappa shape index (κ2) is 7.62. The van der Waals surface area contributed by atoms with Gasteiger partial charge in [-0.2, -0.15) is 0 Å². The normalized spacial score (nSPS) is 10.2. The van der Waals surface area contributed by atoms with Gasteiger partial charge in [0.05, 0.1) is 6.61 Å². The van der Waals surface area contributed by atoms with Crippen molar-refractivity contribution < 1.29 is 14.3 Å². The van der Waals surface area contributed by atoms with E-state index in [1.165, 1.54) is 11.3 Å². The van der Waals surface area contributed by atoms with Crippen molar-refractivity contribution in [2.24, 2.45) is 0 Å². The molecule has 1 N–H and O–H groups in total. The predicted octanol–water partition coefficient (Wildman–Crippen LogP) is 2.59. The molecule has 1 amide bonds. The van der Waals surface area contributed by atoms with Crippen LogP contribution in [0.1, 0.15) is 12.0 Å². The molecule has 0 aliphatic rings. The van der Waals surface area contributed by atoms with E-state index in [2.05, 4.69) is 10.3 Å². The lowest BCUT2D eigenvalue weighted by Gasteiger charge is -2.06. The van der Waals surface area contributed by atoms with Crippen molar-refractivity contribution in [3.8, 4) is 10.9 Å². The summed E-state index contributed by atoms with van der Waals surface area (Å²) in [5, 5.41) is 5.31. The Morgan fingerprint density at radius 1 is 1.35 bits per heavy atom. The second-order valence-corrected chi connectivity index (χ2v) is 4.92. The van der Waals surface area contributed by atoms with Crippen LogP contribution >= 0.6 is 11.3 Å². The zero-order valence-corrected chi connectivity index (χ0v) is 12.0. The van der Waals surface area contributed by atoms with E-state index in [-0.39, 0.29) is 5.91 Å². The summed E-state index contributed by atoms with van der Waals surface area (Å²) in [6, 6.07) is 7.55. The first-order valence-corrected chi connectivity index (χ1v) is 7.08. The first kappa shape index (κ1) is 14.5. The first-order valence-electron chi connectivity index (χ1n) is 6.20. The maximum atomic E-state index is 11.4. The number of carbonyl (C=O) groups excluding carboxylic acids is 1. The number of hydrogen-bond acceptors (Lipinski definition) is 5. The number of methoxy groups -OCH3 is 1. The summed E-state index contributed by atoms with van der Waals surface area (Å²) in [5.74, 6) is 0.712. The van der Waals surface area contributed by atoms with Crippen molar-refractivity contribution in [1.82, 2.24) is 10.3 Å². The molecule has 2 aromatic rings. The van der Waals surface area contributed by atoms with Gasteiger partial charge in [-0.25, -0.2) is 4.98 Å². The molecular weight excluding hydrogens is 276 g/mol. The van der Waals surface area contributed by atoms with Crippen LogP contribution in [0.15, 0.2) is 35.8 Å². The van der Waals surface area contributed by atoms with Gasteiger partial charge in [-0.15, -0.1) is 0 Å². The van der Waals surface area contributed by atoms with Gasteiger partial charge in [0.25, 0.3) is 5.19 Å². The Hall–Kier alpha value is -1.92. The quantitative estimate of drug-likeness (QED) is 0.852. The van der Waals surface area contributed by atoms with Crippen LogP contribution in [0.5, 0.6) is 10.9 Å². The van der Waals surface area contributed by atoms with Crippen LogP contribution in [-0.2, 0) is 16.1 Å². The molecule has 106 valence electrons. The summed E-state index contributed by atoms with van der Waals surface area (Å²) >= 11 is 1.44. The highest BCUT2D eigenvalue weighted by atomic mass is 32.1. The molecular formula is C14H16N2O3S. The van der Waals surface area contributed by atoms with Gasteiger partial charge in [-0.3, -0.25) is 4.79 Å². The summed E-state index contributed by atoms with van der Waals surface area (Å²) in [6.45, 7) is 0.937. The lowest BCUT2D eigenvalue weighted by atomic mass is 10.2. The van der Waals surface area contributed by atoms with Gasteiger partial charge in [-0.05, 0) is 17.7 Å². The Morgan fingerprint density at radius 2 is 2.15 bits per heavy atom. The van der Waals surface area contributed by atoms with Gasteiger partial charge in [0.15, 0.2) is 0 Å². The van der Waals surface area contributed by atoms with Crippen molar-refractivity contribution in [2.75, 3.05) is 13.7 Å². The van der Waals surface area contributed by atoms with Crippen LogP contribution < -0.4 is 10.1 Å². The number of amides is 1. The SMILES string of the molecule is COCCC(=O)NCc1ccc(Oc2nccs2)cc1. The Balaban J connectivity index is 1.81. The number of rotatable bonds is 7. The topological polar surface area (TPSA) is 60.5 Å². The lowest BCUT2D eigenvalue weighted by molar-refractivity contribution is -0.122. The highest BCUT2D eigenvalue weighted by Gasteiger charge is 2.02. The van der Waals surface area contributed by atoms with Crippen molar-refractivity contribution in [3.63, 3.8) is 0 Å². The number of carbonyl (C=O) groups is 1. The summed E-state index contributed by atoms with van der Waals surface area (Å²) in [7, 11) is 1.58. The van der Waals surface area contributed by atoms with Gasteiger partial charge in [0.2, 0.25) is 5.91 Å². The average molecular weight is 292 g/mol. The molecule has 0 aliphatic heterocycles. The maximum absolute atomic E-state index is 11.4. The zero-order valence-electron chi connectivity index (χ0n) is 11.2. The van der Waals surface area contributed by atoms with Crippen molar-refractivity contribution >= 4 is 17.2 Å². The molecule has 2 rings (SSSR count). The van der Waals surface area contributed by atoms with E-state index in [0.717, 1.165) is 11.3 Å². The Labute approximate surface area is 121 Å². The van der Waals surface area contributed by atoms with Gasteiger partial charge in [0.1, 0.15) is 5.75 Å². The third-order valence-corrected chi connectivity index (χ3v) is 3.21. The summed E-state index contributed by atoms with van der Waals surface area (Å²) < 4.78 is 10.4. The monoisotopic (exact) mass is 292 g/mol. The molecule has 0 radical (unpaired) electrons. The van der Waals surface area contributed by atoms with Crippen molar-refractivity contribution in [1.29, 1.82) is 0 Å². The Kier molecular flexibility index (Phi) is 5.52. The molecule has 0 saturated carbocycles. The number of nitrogens with one attached hydrogen (secondary N) is 1. The van der Waals surface area contributed by atoms with Gasteiger partial charge >= 0.3 is 0 Å². The lowest BCUT2D eigenvalue weighted by Crippen LogP contribution is -2.23. The van der Waals surface area contributed by atoms with Crippen molar-refractivity contribution in [3.05, 3.63) is 41.4 Å². The fourth-order valence-electron chi connectivity index (χ4n) is 1.52. The summed E-state index contributed by atoms with van der Waals surface area (Å²) in [5.41, 5.74) is 1.02. The smallest absolute Gasteiger partial charge is 0.278 e. The number of benzene rings is 1. The van der Waals surface area contributed by atoms with E-state index in [4.69, 9.17) is 9.47 Å². The molecule has 1 aromatic carbocycles. The minimum Gasteiger partial charge on any atom is -0.431 e. The van der Waals surface area contributed by atoms with Crippen LogP contribution in [0.2, 0.25) is 0 Å². The van der Waals surface area contributed by atoms with Crippen LogP contribution in [0.4, 0.5) is 0 Å². The predicted molar refractivity (Wildman–Crippen MR) is 77.0 cm³/mol. The molecule has 0 atom stereocenters. The van der Waals surface area contributed by atoms with Gasteiger partial charge in [-0.1, -0.05) is 23.5 Å². The third-order valence-electron chi connectivity index (χ3n) is 2.56. The maximum Gasteiger partial charge on any atom is 0.278 e. The molecule has 1 aromatic heterocycles. The molecule has 20 heavy (non-hydrogen) atoms. The molecule has 1 heterocycles. The van der Waals surface area contributed by atoms with Crippen LogP contribution in [-0.4, -0.2) is 24.6 Å². The fourth-order valence-corrected chi connectivity index (χ4v) is 2.02. The van der Waals surface area contributed by atoms with Crippen LogP contribution in [0, 0.1) is 0 Å². The van der Waals surface area contributed by atoms with E-state index >= 15 is 0 Å². The number of hydrogen-bond donors (Lipinski definition) is 1. The molecule has 0 aliphatic carbocycles. The molecule has 0 bridgehead atoms. The number of aromatic nitrogens is 1. The Bertz CT molecular complexity index is 526. The van der Waals surface area contributed by atoms with E-state index in [0.29, 0.717) is 24.8 Å². The standard InChI is InChI=1S/C14H16N2O3S/c1-18-8-6-13(17)16-10-11-2-4-12(5-3-11)19-14-15-7-9-20-14/h2-5,7,9H,6,8,10H2,1H3,(H,16,17). The molecule has 5 nitrogen and oxygen atoms in total. The number of thiazole rings is 1. The average Bonchev–Trinajstić information content (AvgIpc) is 2.97.